The van der Waals surface area contributed by atoms with Gasteiger partial charge in [0.2, 0.25) is 21.8 Å². The Morgan fingerprint density at radius 3 is 2.42 bits per heavy atom. The Balaban J connectivity index is 1.44. The Labute approximate surface area is 180 Å². The molecule has 0 spiro atoms. The van der Waals surface area contributed by atoms with Gasteiger partial charge in [0.15, 0.2) is 11.5 Å². The summed E-state index contributed by atoms with van der Waals surface area (Å²) in [6.45, 7) is 1.15. The molecular formula is C21H23N3O6S. The molecule has 0 aliphatic carbocycles. The molecule has 0 radical (unpaired) electrons. The average molecular weight is 445 g/mol. The van der Waals surface area contributed by atoms with Gasteiger partial charge in [-0.2, -0.15) is 0 Å². The highest BCUT2D eigenvalue weighted by molar-refractivity contribution is 7.89. The lowest BCUT2D eigenvalue weighted by atomic mass is 10.1. The molecule has 0 aromatic heterocycles. The van der Waals surface area contributed by atoms with Gasteiger partial charge < -0.3 is 19.7 Å². The van der Waals surface area contributed by atoms with Crippen LogP contribution in [0.3, 0.4) is 0 Å². The van der Waals surface area contributed by atoms with Crippen molar-refractivity contribution in [3.8, 4) is 11.5 Å². The predicted octanol–water partition coefficient (Wildman–Crippen LogP) is 1.70. The van der Waals surface area contributed by atoms with Crippen molar-refractivity contribution in [2.45, 2.75) is 11.3 Å². The first-order valence-electron chi connectivity index (χ1n) is 9.79. The lowest BCUT2D eigenvalue weighted by molar-refractivity contribution is -0.122. The van der Waals surface area contributed by atoms with Gasteiger partial charge in [-0.15, -0.1) is 0 Å². The summed E-state index contributed by atoms with van der Waals surface area (Å²) >= 11 is 0. The van der Waals surface area contributed by atoms with Crippen LogP contribution in [-0.4, -0.2) is 58.4 Å². The van der Waals surface area contributed by atoms with Crippen molar-refractivity contribution in [3.63, 3.8) is 0 Å². The smallest absolute Gasteiger partial charge is 0.242 e. The number of hydrogen-bond donors (Lipinski definition) is 1. The van der Waals surface area contributed by atoms with Crippen LogP contribution in [-0.2, 0) is 19.6 Å². The lowest BCUT2D eigenvalue weighted by Crippen LogP contribution is -2.28. The molecule has 1 saturated heterocycles. The van der Waals surface area contributed by atoms with E-state index in [1.165, 1.54) is 31.1 Å². The summed E-state index contributed by atoms with van der Waals surface area (Å²) in [6, 6.07) is 11.2. The monoisotopic (exact) mass is 445 g/mol. The van der Waals surface area contributed by atoms with E-state index in [2.05, 4.69) is 5.32 Å². The van der Waals surface area contributed by atoms with Crippen LogP contribution in [0.15, 0.2) is 47.4 Å². The van der Waals surface area contributed by atoms with Gasteiger partial charge in [0, 0.05) is 44.5 Å². The summed E-state index contributed by atoms with van der Waals surface area (Å²) in [7, 11) is -0.637. The fourth-order valence-corrected chi connectivity index (χ4v) is 4.41. The summed E-state index contributed by atoms with van der Waals surface area (Å²) in [6.07, 6.45) is 0.0775. The molecule has 4 rings (SSSR count). The third-order valence-corrected chi connectivity index (χ3v) is 7.06. The van der Waals surface area contributed by atoms with Gasteiger partial charge in [-0.3, -0.25) is 9.59 Å². The number of hydrogen-bond acceptors (Lipinski definition) is 6. The zero-order valence-electron chi connectivity index (χ0n) is 17.2. The van der Waals surface area contributed by atoms with Crippen LogP contribution in [0.2, 0.25) is 0 Å². The van der Waals surface area contributed by atoms with E-state index in [4.69, 9.17) is 9.47 Å². The molecule has 2 aliphatic heterocycles. The van der Waals surface area contributed by atoms with E-state index >= 15 is 0 Å². The number of rotatable bonds is 5. The molecule has 2 aromatic rings. The molecule has 1 N–H and O–H groups in total. The first-order chi connectivity index (χ1) is 14.8. The Hall–Kier alpha value is -3.11. The number of anilines is 2. The van der Waals surface area contributed by atoms with Crippen LogP contribution in [0.5, 0.6) is 11.5 Å². The normalized spacial score (nSPS) is 18.4. The van der Waals surface area contributed by atoms with Crippen LogP contribution < -0.4 is 19.7 Å². The predicted molar refractivity (Wildman–Crippen MR) is 114 cm³/mol. The van der Waals surface area contributed by atoms with Crippen LogP contribution in [0.4, 0.5) is 11.4 Å². The molecule has 2 aromatic carbocycles. The first kappa shape index (κ1) is 21.1. The number of carbonyl (C=O) groups is 2. The van der Waals surface area contributed by atoms with Gasteiger partial charge in [-0.05, 0) is 36.4 Å². The summed E-state index contributed by atoms with van der Waals surface area (Å²) in [5, 5.41) is 2.83. The molecule has 31 heavy (non-hydrogen) atoms. The van der Waals surface area contributed by atoms with Crippen LogP contribution in [0, 0.1) is 5.92 Å². The minimum absolute atomic E-state index is 0.0775. The Bertz CT molecular complexity index is 1110. The number of nitrogens with zero attached hydrogens (tertiary/aromatic N) is 2. The van der Waals surface area contributed by atoms with Gasteiger partial charge in [0.25, 0.3) is 0 Å². The Morgan fingerprint density at radius 2 is 1.74 bits per heavy atom. The fourth-order valence-electron chi connectivity index (χ4n) is 3.51. The zero-order chi connectivity index (χ0) is 22.2. The molecule has 1 atom stereocenters. The van der Waals surface area contributed by atoms with Gasteiger partial charge >= 0.3 is 0 Å². The molecule has 2 amide bonds. The van der Waals surface area contributed by atoms with Crippen molar-refractivity contribution in [2.24, 2.45) is 5.92 Å². The molecule has 9 nitrogen and oxygen atoms in total. The molecular weight excluding hydrogens is 422 g/mol. The third kappa shape index (κ3) is 4.21. The Morgan fingerprint density at radius 1 is 1.06 bits per heavy atom. The number of ether oxygens (including phenoxy) is 2. The number of benzene rings is 2. The number of nitrogens with one attached hydrogen (secondary N) is 1. The van der Waals surface area contributed by atoms with E-state index in [9.17, 15) is 18.0 Å². The second-order valence-electron chi connectivity index (χ2n) is 7.53. The second-order valence-corrected chi connectivity index (χ2v) is 9.69. The van der Waals surface area contributed by atoms with Crippen LogP contribution in [0.1, 0.15) is 6.42 Å². The molecule has 0 unspecified atom stereocenters. The van der Waals surface area contributed by atoms with E-state index in [1.54, 1.807) is 30.3 Å². The highest BCUT2D eigenvalue weighted by Gasteiger charge is 2.35. The van der Waals surface area contributed by atoms with E-state index in [-0.39, 0.29) is 29.7 Å². The summed E-state index contributed by atoms with van der Waals surface area (Å²) in [5.74, 6) is 0.225. The van der Waals surface area contributed by atoms with Crippen LogP contribution >= 0.6 is 0 Å². The molecule has 2 aliphatic rings. The number of carbonyl (C=O) groups excluding carboxylic acids is 2. The lowest BCUT2D eigenvalue weighted by Gasteiger charge is -2.20. The largest absolute Gasteiger partial charge is 0.486 e. The summed E-state index contributed by atoms with van der Waals surface area (Å²) < 4.78 is 36.5. The minimum Gasteiger partial charge on any atom is -0.486 e. The maximum atomic E-state index is 12.7. The zero-order valence-corrected chi connectivity index (χ0v) is 18.0. The minimum atomic E-state index is -3.55. The highest BCUT2D eigenvalue weighted by Crippen LogP contribution is 2.33. The summed E-state index contributed by atoms with van der Waals surface area (Å²) in [5.41, 5.74) is 1.12. The molecule has 2 heterocycles. The second kappa shape index (κ2) is 8.20. The number of sulfonamides is 1. The molecule has 0 bridgehead atoms. The van der Waals surface area contributed by atoms with Crippen molar-refractivity contribution >= 4 is 33.2 Å². The van der Waals surface area contributed by atoms with Crippen LogP contribution in [0.25, 0.3) is 0 Å². The SMILES string of the molecule is CN(C)S(=O)(=O)c1ccc(N2C[C@H](C(=O)Nc3ccc4c(c3)OCCO4)CC2=O)cc1. The number of amides is 2. The van der Waals surface area contributed by atoms with Gasteiger partial charge in [0.05, 0.1) is 10.8 Å². The topological polar surface area (TPSA) is 105 Å². The quantitative estimate of drug-likeness (QED) is 0.751. The van der Waals surface area contributed by atoms with Crippen molar-refractivity contribution < 1.29 is 27.5 Å². The standard InChI is InChI=1S/C21H23N3O6S/c1-23(2)31(27,28)17-6-4-16(5-7-17)24-13-14(11-20(24)25)21(26)22-15-3-8-18-19(12-15)30-10-9-29-18/h3-8,12,14H,9-11,13H2,1-2H3,(H,22,26)/t14-/m1/s1. The van der Waals surface area contributed by atoms with Crippen molar-refractivity contribution in [1.82, 2.24) is 4.31 Å². The Kier molecular flexibility index (Phi) is 5.59. The first-order valence-corrected chi connectivity index (χ1v) is 11.2. The van der Waals surface area contributed by atoms with Gasteiger partial charge in [-0.1, -0.05) is 0 Å². The van der Waals surface area contributed by atoms with Crippen molar-refractivity contribution in [1.29, 1.82) is 0 Å². The average Bonchev–Trinajstić information content (AvgIpc) is 3.15. The molecule has 10 heteroatoms. The maximum Gasteiger partial charge on any atom is 0.242 e. The highest BCUT2D eigenvalue weighted by atomic mass is 32.2. The fraction of sp³-hybridized carbons (Fsp3) is 0.333. The maximum absolute atomic E-state index is 12.7. The van der Waals surface area contributed by atoms with Gasteiger partial charge in [0.1, 0.15) is 13.2 Å². The van der Waals surface area contributed by atoms with E-state index in [1.807, 2.05) is 0 Å². The van der Waals surface area contributed by atoms with E-state index in [0.717, 1.165) is 4.31 Å². The molecule has 164 valence electrons. The summed E-state index contributed by atoms with van der Waals surface area (Å²) in [4.78, 5) is 26.9. The molecule has 1 fully saturated rings. The van der Waals surface area contributed by atoms with E-state index in [0.29, 0.717) is 36.1 Å². The number of fused-ring (bicyclic) bond motifs is 1. The third-order valence-electron chi connectivity index (χ3n) is 5.23. The molecule has 0 saturated carbocycles. The van der Waals surface area contributed by atoms with Crippen molar-refractivity contribution in [3.05, 3.63) is 42.5 Å². The van der Waals surface area contributed by atoms with Crippen molar-refractivity contribution in [2.75, 3.05) is 44.1 Å². The van der Waals surface area contributed by atoms with Gasteiger partial charge in [-0.25, -0.2) is 12.7 Å². The van der Waals surface area contributed by atoms with E-state index < -0.39 is 15.9 Å².